The Morgan fingerprint density at radius 1 is 1.07 bits per heavy atom. The quantitative estimate of drug-likeness (QED) is 0.542. The summed E-state index contributed by atoms with van der Waals surface area (Å²) in [4.78, 5) is 28.9. The summed E-state index contributed by atoms with van der Waals surface area (Å²) in [6, 6.07) is 19.5. The molecule has 7 heteroatoms. The van der Waals surface area contributed by atoms with Crippen molar-refractivity contribution in [2.75, 3.05) is 11.9 Å². The number of aromatic amines is 1. The number of anilines is 1. The molecule has 2 aromatic carbocycles. The topological polar surface area (TPSA) is 92.3 Å². The molecule has 1 aliphatic rings. The smallest absolute Gasteiger partial charge is 0.414 e. The molecule has 0 atom stereocenters. The molecular weight excluding hydrogens is 378 g/mol. The first-order valence-electron chi connectivity index (χ1n) is 9.73. The van der Waals surface area contributed by atoms with Gasteiger partial charge in [-0.2, -0.15) is 0 Å². The monoisotopic (exact) mass is 397 g/mol. The lowest BCUT2D eigenvalue weighted by Gasteiger charge is -2.13. The highest BCUT2D eigenvalue weighted by molar-refractivity contribution is 6.15. The van der Waals surface area contributed by atoms with Crippen molar-refractivity contribution >= 4 is 28.7 Å². The van der Waals surface area contributed by atoms with Gasteiger partial charge >= 0.3 is 6.09 Å². The number of para-hydroxylation sites is 1. The Morgan fingerprint density at radius 2 is 1.90 bits per heavy atom. The Labute approximate surface area is 172 Å². The number of carbonyl (C=O) groups excluding carboxylic acids is 1. The van der Waals surface area contributed by atoms with Gasteiger partial charge < -0.3 is 9.72 Å². The SMILES string of the molecule is O=C(Nc1nccc(C2=NCCc3c2[nH]c2ccccc32)n1)OCc1ccccc1. The summed E-state index contributed by atoms with van der Waals surface area (Å²) in [7, 11) is 0. The van der Waals surface area contributed by atoms with Crippen LogP contribution in [-0.2, 0) is 17.8 Å². The van der Waals surface area contributed by atoms with Gasteiger partial charge in [0.2, 0.25) is 5.95 Å². The highest BCUT2D eigenvalue weighted by Crippen LogP contribution is 2.27. The molecule has 0 bridgehead atoms. The van der Waals surface area contributed by atoms with Crippen LogP contribution in [-0.4, -0.2) is 33.3 Å². The van der Waals surface area contributed by atoms with E-state index in [0.29, 0.717) is 12.2 Å². The van der Waals surface area contributed by atoms with Crippen molar-refractivity contribution in [3.8, 4) is 0 Å². The third kappa shape index (κ3) is 3.53. The fraction of sp³-hybridized carbons (Fsp3) is 0.130. The van der Waals surface area contributed by atoms with Crippen molar-refractivity contribution in [1.82, 2.24) is 15.0 Å². The van der Waals surface area contributed by atoms with E-state index in [9.17, 15) is 4.79 Å². The van der Waals surface area contributed by atoms with Crippen LogP contribution in [0.5, 0.6) is 0 Å². The molecule has 0 aliphatic carbocycles. The Kier molecular flexibility index (Phi) is 4.69. The predicted molar refractivity (Wildman–Crippen MR) is 115 cm³/mol. The summed E-state index contributed by atoms with van der Waals surface area (Å²) in [6.45, 7) is 0.869. The van der Waals surface area contributed by atoms with E-state index < -0.39 is 6.09 Å². The van der Waals surface area contributed by atoms with E-state index >= 15 is 0 Å². The molecule has 0 spiro atoms. The molecule has 4 aromatic rings. The number of nitrogens with zero attached hydrogens (tertiary/aromatic N) is 3. The van der Waals surface area contributed by atoms with E-state index in [1.165, 1.54) is 10.9 Å². The fourth-order valence-electron chi connectivity index (χ4n) is 3.63. The van der Waals surface area contributed by atoms with Crippen molar-refractivity contribution in [3.05, 3.63) is 89.4 Å². The normalized spacial score (nSPS) is 12.9. The van der Waals surface area contributed by atoms with Gasteiger partial charge in [-0.25, -0.2) is 14.8 Å². The second kappa shape index (κ2) is 7.79. The second-order valence-corrected chi connectivity index (χ2v) is 6.96. The van der Waals surface area contributed by atoms with Gasteiger partial charge in [-0.05, 0) is 29.7 Å². The van der Waals surface area contributed by atoms with Gasteiger partial charge in [0.05, 0.1) is 11.4 Å². The molecule has 30 heavy (non-hydrogen) atoms. The van der Waals surface area contributed by atoms with Crippen LogP contribution >= 0.6 is 0 Å². The molecule has 2 N–H and O–H groups in total. The van der Waals surface area contributed by atoms with Crippen LogP contribution in [0.4, 0.5) is 10.7 Å². The third-order valence-electron chi connectivity index (χ3n) is 5.01. The molecule has 2 aromatic heterocycles. The summed E-state index contributed by atoms with van der Waals surface area (Å²) in [5.74, 6) is 0.177. The number of rotatable bonds is 4. The van der Waals surface area contributed by atoms with Gasteiger partial charge in [-0.15, -0.1) is 0 Å². The number of nitrogens with one attached hydrogen (secondary N) is 2. The first kappa shape index (κ1) is 18.1. The Morgan fingerprint density at radius 3 is 2.80 bits per heavy atom. The molecule has 148 valence electrons. The van der Waals surface area contributed by atoms with Crippen molar-refractivity contribution in [2.45, 2.75) is 13.0 Å². The van der Waals surface area contributed by atoms with E-state index in [1.807, 2.05) is 42.5 Å². The molecule has 0 saturated carbocycles. The molecule has 0 saturated heterocycles. The largest absolute Gasteiger partial charge is 0.444 e. The standard InChI is InChI=1S/C23H19N5O2/c29-23(30-14-15-6-2-1-3-7-15)28-22-25-13-11-19(27-22)21-20-17(10-12-24-21)16-8-4-5-9-18(16)26-20/h1-9,11,13,26H,10,12,14H2,(H,25,27,28,29). The first-order chi connectivity index (χ1) is 14.8. The zero-order valence-electron chi connectivity index (χ0n) is 16.1. The maximum Gasteiger partial charge on any atom is 0.414 e. The molecular formula is C23H19N5O2. The van der Waals surface area contributed by atoms with Gasteiger partial charge in [0.1, 0.15) is 12.3 Å². The molecule has 0 fully saturated rings. The Balaban J connectivity index is 1.35. The minimum atomic E-state index is -0.604. The summed E-state index contributed by atoms with van der Waals surface area (Å²) in [6.07, 6.45) is 1.88. The number of aliphatic imine (C=N–C) groups is 1. The molecule has 1 amide bonds. The van der Waals surface area contributed by atoms with Crippen LogP contribution in [0.1, 0.15) is 22.5 Å². The number of H-pyrrole nitrogens is 1. The number of carbonyl (C=O) groups is 1. The van der Waals surface area contributed by atoms with E-state index in [1.54, 1.807) is 12.3 Å². The summed E-state index contributed by atoms with van der Waals surface area (Å²) in [5.41, 5.74) is 5.62. The van der Waals surface area contributed by atoms with E-state index in [-0.39, 0.29) is 12.6 Å². The lowest BCUT2D eigenvalue weighted by atomic mass is 10.0. The summed E-state index contributed by atoms with van der Waals surface area (Å²) >= 11 is 0. The summed E-state index contributed by atoms with van der Waals surface area (Å²) < 4.78 is 5.25. The average molecular weight is 397 g/mol. The minimum Gasteiger partial charge on any atom is -0.444 e. The van der Waals surface area contributed by atoms with Crippen LogP contribution in [0, 0.1) is 0 Å². The zero-order chi connectivity index (χ0) is 20.3. The Bertz CT molecular complexity index is 1250. The molecule has 7 nitrogen and oxygen atoms in total. The number of hydrogen-bond acceptors (Lipinski definition) is 5. The van der Waals surface area contributed by atoms with Crippen molar-refractivity contribution in [3.63, 3.8) is 0 Å². The fourth-order valence-corrected chi connectivity index (χ4v) is 3.63. The van der Waals surface area contributed by atoms with Gasteiger partial charge in [-0.3, -0.25) is 10.3 Å². The highest BCUT2D eigenvalue weighted by atomic mass is 16.5. The number of fused-ring (bicyclic) bond motifs is 3. The van der Waals surface area contributed by atoms with E-state index in [4.69, 9.17) is 4.74 Å². The van der Waals surface area contributed by atoms with Crippen LogP contribution in [0.2, 0.25) is 0 Å². The third-order valence-corrected chi connectivity index (χ3v) is 5.01. The highest BCUT2D eigenvalue weighted by Gasteiger charge is 2.22. The predicted octanol–water partition coefficient (Wildman–Crippen LogP) is 4.10. The van der Waals surface area contributed by atoms with Crippen LogP contribution in [0.3, 0.4) is 0 Å². The zero-order valence-corrected chi connectivity index (χ0v) is 16.1. The summed E-state index contributed by atoms with van der Waals surface area (Å²) in [5, 5.41) is 3.80. The molecule has 0 radical (unpaired) electrons. The van der Waals surface area contributed by atoms with Crippen molar-refractivity contribution in [1.29, 1.82) is 0 Å². The van der Waals surface area contributed by atoms with Crippen LogP contribution in [0.15, 0.2) is 71.9 Å². The maximum atomic E-state index is 12.1. The van der Waals surface area contributed by atoms with E-state index in [2.05, 4.69) is 37.4 Å². The molecule has 0 unspecified atom stereocenters. The lowest BCUT2D eigenvalue weighted by molar-refractivity contribution is 0.155. The number of benzene rings is 2. The van der Waals surface area contributed by atoms with Crippen molar-refractivity contribution < 1.29 is 9.53 Å². The average Bonchev–Trinajstić information content (AvgIpc) is 3.17. The number of hydrogen-bond donors (Lipinski definition) is 2. The van der Waals surface area contributed by atoms with Crippen molar-refractivity contribution in [2.24, 2.45) is 4.99 Å². The first-order valence-corrected chi connectivity index (χ1v) is 9.73. The molecule has 1 aliphatic heterocycles. The maximum absolute atomic E-state index is 12.1. The van der Waals surface area contributed by atoms with Gasteiger partial charge in [0.15, 0.2) is 0 Å². The van der Waals surface area contributed by atoms with Crippen LogP contribution in [0.25, 0.3) is 10.9 Å². The lowest BCUT2D eigenvalue weighted by Crippen LogP contribution is -2.19. The van der Waals surface area contributed by atoms with Gasteiger partial charge in [0, 0.05) is 23.6 Å². The number of aromatic nitrogens is 3. The minimum absolute atomic E-state index is 0.177. The van der Waals surface area contributed by atoms with Gasteiger partial charge in [-0.1, -0.05) is 48.5 Å². The van der Waals surface area contributed by atoms with E-state index in [0.717, 1.165) is 28.9 Å². The molecule has 5 rings (SSSR count). The Hall–Kier alpha value is -4.00. The van der Waals surface area contributed by atoms with Crippen LogP contribution < -0.4 is 5.32 Å². The van der Waals surface area contributed by atoms with Gasteiger partial charge in [0.25, 0.3) is 0 Å². The number of amides is 1. The second-order valence-electron chi connectivity index (χ2n) is 6.96. The molecule has 3 heterocycles. The number of ether oxygens (including phenoxy) is 1.